The van der Waals surface area contributed by atoms with Crippen molar-refractivity contribution in [2.75, 3.05) is 6.61 Å². The Labute approximate surface area is 200 Å². The van der Waals surface area contributed by atoms with Crippen molar-refractivity contribution in [3.8, 4) is 0 Å². The Hall–Kier alpha value is 0.347. The molecule has 172 valence electrons. The molecule has 0 radical (unpaired) electrons. The lowest BCUT2D eigenvalue weighted by molar-refractivity contribution is -0.00554. The van der Waals surface area contributed by atoms with Crippen LogP contribution in [0.3, 0.4) is 0 Å². The highest BCUT2D eigenvalue weighted by atomic mass is 127. The first kappa shape index (κ1) is 25.0. The minimum atomic E-state index is -1.79. The number of allylic oxidation sites excluding steroid dienone is 1. The van der Waals surface area contributed by atoms with Crippen LogP contribution in [-0.4, -0.2) is 26.6 Å². The smallest absolute Gasteiger partial charge is 0.193 e. The first-order valence-electron chi connectivity index (χ1n) is 12.1. The molecule has 2 nitrogen and oxygen atoms in total. The Bertz CT molecular complexity index is 679. The van der Waals surface area contributed by atoms with Crippen molar-refractivity contribution in [3.05, 3.63) is 21.8 Å². The van der Waals surface area contributed by atoms with Crippen LogP contribution in [0.2, 0.25) is 18.1 Å². The third-order valence-corrected chi connectivity index (χ3v) is 14.4. The molecule has 3 aliphatic carbocycles. The highest BCUT2D eigenvalue weighted by molar-refractivity contribution is 14.1. The maximum atomic E-state index is 6.76. The molecule has 3 aliphatic rings. The van der Waals surface area contributed by atoms with Gasteiger partial charge in [0, 0.05) is 6.42 Å². The summed E-state index contributed by atoms with van der Waals surface area (Å²) in [6.45, 7) is 19.8. The van der Waals surface area contributed by atoms with Gasteiger partial charge in [0.25, 0.3) is 0 Å². The van der Waals surface area contributed by atoms with Gasteiger partial charge in [-0.2, -0.15) is 0 Å². The summed E-state index contributed by atoms with van der Waals surface area (Å²) < 4.78 is 15.6. The maximum Gasteiger partial charge on any atom is 0.193 e. The average molecular weight is 545 g/mol. The molecule has 0 aromatic rings. The minimum Gasteiger partial charge on any atom is -0.408 e. The third kappa shape index (κ3) is 4.96. The van der Waals surface area contributed by atoms with Crippen molar-refractivity contribution in [3.63, 3.8) is 0 Å². The Balaban J connectivity index is 1.55. The van der Waals surface area contributed by atoms with Crippen LogP contribution in [0.4, 0.5) is 0 Å². The molecular formula is C26H45IO2Si. The van der Waals surface area contributed by atoms with Gasteiger partial charge in [0.05, 0.1) is 18.3 Å². The van der Waals surface area contributed by atoms with Crippen molar-refractivity contribution >= 4 is 30.9 Å². The second-order valence-electron chi connectivity index (χ2n) is 12.4. The van der Waals surface area contributed by atoms with Crippen LogP contribution < -0.4 is 0 Å². The molecule has 0 aromatic heterocycles. The van der Waals surface area contributed by atoms with Gasteiger partial charge in [-0.1, -0.05) is 74.9 Å². The molecule has 30 heavy (non-hydrogen) atoms. The van der Waals surface area contributed by atoms with Gasteiger partial charge in [0.1, 0.15) is 0 Å². The second kappa shape index (κ2) is 8.94. The number of halogens is 1. The topological polar surface area (TPSA) is 18.5 Å². The molecule has 0 bridgehead atoms. The molecule has 2 fully saturated rings. The summed E-state index contributed by atoms with van der Waals surface area (Å²) in [5, 5.41) is 0.233. The fraction of sp³-hybridized carbons (Fsp3) is 0.846. The van der Waals surface area contributed by atoms with Gasteiger partial charge in [0.15, 0.2) is 8.32 Å². The molecule has 1 unspecified atom stereocenters. The van der Waals surface area contributed by atoms with Gasteiger partial charge >= 0.3 is 0 Å². The number of fused-ring (bicyclic) bond motifs is 1. The molecule has 6 atom stereocenters. The molecule has 0 spiro atoms. The van der Waals surface area contributed by atoms with E-state index in [1.807, 2.05) is 0 Å². The summed E-state index contributed by atoms with van der Waals surface area (Å²) in [5.41, 5.74) is 2.02. The van der Waals surface area contributed by atoms with Crippen molar-refractivity contribution in [2.45, 2.75) is 110 Å². The lowest BCUT2D eigenvalue weighted by atomic mass is 9.61. The molecule has 0 saturated heterocycles. The fourth-order valence-corrected chi connectivity index (χ4v) is 8.68. The van der Waals surface area contributed by atoms with Crippen LogP contribution >= 0.6 is 22.6 Å². The van der Waals surface area contributed by atoms with Crippen LogP contribution in [0, 0.1) is 23.2 Å². The molecular weight excluding hydrogens is 499 g/mol. The maximum absolute atomic E-state index is 6.76. The predicted molar refractivity (Wildman–Crippen MR) is 140 cm³/mol. The normalized spacial score (nSPS) is 39.5. The van der Waals surface area contributed by atoms with Crippen LogP contribution in [0.25, 0.3) is 0 Å². The molecule has 2 saturated carbocycles. The van der Waals surface area contributed by atoms with Crippen LogP contribution in [0.5, 0.6) is 0 Å². The Morgan fingerprint density at radius 2 is 1.97 bits per heavy atom. The SMILES string of the molecule is C[C@@H](CO[C@H]1C=C[C@@](C)(O[Si](C)(C)C(C)(C)C)C1)[C@H]1CCC2C(=CI)CCC[C@]21C. The van der Waals surface area contributed by atoms with E-state index in [4.69, 9.17) is 9.16 Å². The van der Waals surface area contributed by atoms with Gasteiger partial charge in [-0.3, -0.25) is 0 Å². The van der Waals surface area contributed by atoms with Crippen LogP contribution in [0.1, 0.15) is 80.1 Å². The molecule has 0 heterocycles. The summed E-state index contributed by atoms with van der Waals surface area (Å²) in [4.78, 5) is 0. The zero-order chi connectivity index (χ0) is 22.4. The Kier molecular flexibility index (Phi) is 7.45. The van der Waals surface area contributed by atoms with Crippen molar-refractivity contribution < 1.29 is 9.16 Å². The number of ether oxygens (including phenoxy) is 1. The summed E-state index contributed by atoms with van der Waals surface area (Å²) in [5.74, 6) is 2.22. The van der Waals surface area contributed by atoms with E-state index in [1.165, 1.54) is 32.1 Å². The number of hydrogen-bond donors (Lipinski definition) is 0. The van der Waals surface area contributed by atoms with E-state index in [9.17, 15) is 0 Å². The monoisotopic (exact) mass is 544 g/mol. The zero-order valence-corrected chi connectivity index (χ0v) is 23.8. The second-order valence-corrected chi connectivity index (χ2v) is 17.7. The van der Waals surface area contributed by atoms with E-state index >= 15 is 0 Å². The van der Waals surface area contributed by atoms with Gasteiger partial charge in [0.2, 0.25) is 0 Å². The lowest BCUT2D eigenvalue weighted by Crippen LogP contribution is -2.47. The summed E-state index contributed by atoms with van der Waals surface area (Å²) >= 11 is 2.47. The van der Waals surface area contributed by atoms with Gasteiger partial charge in [-0.25, -0.2) is 0 Å². The van der Waals surface area contributed by atoms with E-state index < -0.39 is 8.32 Å². The highest BCUT2D eigenvalue weighted by Crippen LogP contribution is 2.59. The summed E-state index contributed by atoms with van der Waals surface area (Å²) in [6, 6.07) is 0. The van der Waals surface area contributed by atoms with Gasteiger partial charge in [-0.15, -0.1) is 0 Å². The minimum absolute atomic E-state index is 0.176. The van der Waals surface area contributed by atoms with Gasteiger partial charge < -0.3 is 9.16 Å². The van der Waals surface area contributed by atoms with E-state index in [0.29, 0.717) is 11.3 Å². The third-order valence-electron chi connectivity index (χ3n) is 9.00. The van der Waals surface area contributed by atoms with Gasteiger partial charge in [-0.05, 0) is 84.4 Å². The lowest BCUT2D eigenvalue weighted by Gasteiger charge is -2.44. The molecule has 0 N–H and O–H groups in total. The van der Waals surface area contributed by atoms with Crippen molar-refractivity contribution in [1.29, 1.82) is 0 Å². The van der Waals surface area contributed by atoms with Crippen LogP contribution in [0.15, 0.2) is 21.8 Å². The fourth-order valence-electron chi connectivity index (χ4n) is 6.31. The molecule has 0 aliphatic heterocycles. The largest absolute Gasteiger partial charge is 0.408 e. The first-order valence-corrected chi connectivity index (χ1v) is 16.3. The quantitative estimate of drug-likeness (QED) is 0.190. The molecule has 0 amide bonds. The highest BCUT2D eigenvalue weighted by Gasteiger charge is 2.51. The predicted octanol–water partition coefficient (Wildman–Crippen LogP) is 8.28. The zero-order valence-electron chi connectivity index (χ0n) is 20.7. The Morgan fingerprint density at radius 3 is 2.60 bits per heavy atom. The molecule has 4 heteroatoms. The summed E-state index contributed by atoms with van der Waals surface area (Å²) in [6.07, 6.45) is 12.5. The van der Waals surface area contributed by atoms with E-state index in [-0.39, 0.29) is 16.7 Å². The summed E-state index contributed by atoms with van der Waals surface area (Å²) in [7, 11) is -1.79. The molecule has 0 aromatic carbocycles. The van der Waals surface area contributed by atoms with Crippen LogP contribution in [-0.2, 0) is 9.16 Å². The van der Waals surface area contributed by atoms with E-state index in [1.54, 1.807) is 5.57 Å². The first-order chi connectivity index (χ1) is 13.8. The Morgan fingerprint density at radius 1 is 1.27 bits per heavy atom. The van der Waals surface area contributed by atoms with E-state index in [0.717, 1.165) is 24.9 Å². The number of rotatable bonds is 6. The van der Waals surface area contributed by atoms with Crippen molar-refractivity contribution in [2.24, 2.45) is 23.2 Å². The standard InChI is InChI=1S/C26H45IO2Si/c1-19(22-11-12-23-20(17-27)10-9-14-26(22,23)6)18-28-21-13-15-25(5,16-21)29-30(7,8)24(2,3)4/h13,15,17,19,21-23H,9-12,14,16,18H2,1-8H3/t19-,21-,22+,23?,25+,26-/m0/s1. The molecule has 3 rings (SSSR count). The van der Waals surface area contributed by atoms with E-state index in [2.05, 4.69) is 93.5 Å². The van der Waals surface area contributed by atoms with Crippen molar-refractivity contribution in [1.82, 2.24) is 0 Å². The number of hydrogen-bond acceptors (Lipinski definition) is 2. The average Bonchev–Trinajstić information content (AvgIpc) is 3.17.